The third-order valence-corrected chi connectivity index (χ3v) is 3.34. The molecule has 1 amide bonds. The van der Waals surface area contributed by atoms with Gasteiger partial charge in [0, 0.05) is 22.7 Å². The van der Waals surface area contributed by atoms with E-state index >= 15 is 0 Å². The highest BCUT2D eigenvalue weighted by Crippen LogP contribution is 2.30. The standard InChI is InChI=1S/C10H10INO2/c1-12-5-8-7(10(12)13)3-6(14-2)4-9(8)11/h3-4H,5H2,1-2H3. The van der Waals surface area contributed by atoms with Crippen molar-refractivity contribution in [3.63, 3.8) is 0 Å². The number of carbonyl (C=O) groups is 1. The van der Waals surface area contributed by atoms with Gasteiger partial charge in [0.1, 0.15) is 5.75 Å². The molecule has 1 aromatic carbocycles. The van der Waals surface area contributed by atoms with Crippen molar-refractivity contribution < 1.29 is 9.53 Å². The number of halogens is 1. The minimum absolute atomic E-state index is 0.0804. The molecule has 0 aromatic heterocycles. The van der Waals surface area contributed by atoms with Gasteiger partial charge in [0.05, 0.1) is 7.11 Å². The van der Waals surface area contributed by atoms with Crippen LogP contribution in [0.15, 0.2) is 12.1 Å². The summed E-state index contributed by atoms with van der Waals surface area (Å²) in [7, 11) is 3.42. The van der Waals surface area contributed by atoms with Crippen LogP contribution in [0.25, 0.3) is 0 Å². The van der Waals surface area contributed by atoms with Gasteiger partial charge < -0.3 is 9.64 Å². The lowest BCUT2D eigenvalue weighted by Gasteiger charge is -2.04. The minimum atomic E-state index is 0.0804. The molecule has 0 unspecified atom stereocenters. The van der Waals surface area contributed by atoms with Crippen LogP contribution < -0.4 is 4.74 Å². The molecule has 3 nitrogen and oxygen atoms in total. The fraction of sp³-hybridized carbons (Fsp3) is 0.300. The monoisotopic (exact) mass is 303 g/mol. The van der Waals surface area contributed by atoms with Gasteiger partial charge in [0.15, 0.2) is 0 Å². The van der Waals surface area contributed by atoms with Gasteiger partial charge in [-0.15, -0.1) is 0 Å². The van der Waals surface area contributed by atoms with Crippen molar-refractivity contribution >= 4 is 28.5 Å². The number of amides is 1. The lowest BCUT2D eigenvalue weighted by Crippen LogP contribution is -2.17. The van der Waals surface area contributed by atoms with Crippen molar-refractivity contribution in [2.75, 3.05) is 14.2 Å². The van der Waals surface area contributed by atoms with Crippen LogP contribution in [0, 0.1) is 3.57 Å². The van der Waals surface area contributed by atoms with Crippen LogP contribution in [0.3, 0.4) is 0 Å². The van der Waals surface area contributed by atoms with Gasteiger partial charge in [0.2, 0.25) is 0 Å². The topological polar surface area (TPSA) is 29.5 Å². The minimum Gasteiger partial charge on any atom is -0.497 e. The highest BCUT2D eigenvalue weighted by atomic mass is 127. The summed E-state index contributed by atoms with van der Waals surface area (Å²) in [5.41, 5.74) is 1.88. The third kappa shape index (κ3) is 1.37. The van der Waals surface area contributed by atoms with Gasteiger partial charge in [-0.1, -0.05) is 0 Å². The largest absolute Gasteiger partial charge is 0.497 e. The van der Waals surface area contributed by atoms with E-state index in [1.54, 1.807) is 12.0 Å². The van der Waals surface area contributed by atoms with Crippen molar-refractivity contribution in [2.45, 2.75) is 6.54 Å². The number of rotatable bonds is 1. The number of benzene rings is 1. The average Bonchev–Trinajstić information content (AvgIpc) is 2.45. The predicted octanol–water partition coefficient (Wildman–Crippen LogP) is 1.89. The molecule has 1 heterocycles. The molecular weight excluding hydrogens is 293 g/mol. The van der Waals surface area contributed by atoms with E-state index in [0.717, 1.165) is 20.4 Å². The molecule has 74 valence electrons. The maximum absolute atomic E-state index is 11.7. The van der Waals surface area contributed by atoms with E-state index in [1.807, 2.05) is 19.2 Å². The Labute approximate surface area is 96.2 Å². The number of hydrogen-bond donors (Lipinski definition) is 0. The molecule has 0 saturated heterocycles. The second kappa shape index (κ2) is 3.42. The second-order valence-electron chi connectivity index (χ2n) is 3.30. The summed E-state index contributed by atoms with van der Waals surface area (Å²) in [6.45, 7) is 0.705. The number of ether oxygens (including phenoxy) is 1. The van der Waals surface area contributed by atoms with Crippen LogP contribution in [0.5, 0.6) is 5.75 Å². The molecule has 1 aromatic rings. The van der Waals surface area contributed by atoms with E-state index in [9.17, 15) is 4.79 Å². The molecule has 0 radical (unpaired) electrons. The molecule has 2 rings (SSSR count). The Morgan fingerprint density at radius 3 is 2.86 bits per heavy atom. The summed E-state index contributed by atoms with van der Waals surface area (Å²) < 4.78 is 6.22. The fourth-order valence-corrected chi connectivity index (χ4v) is 2.36. The van der Waals surface area contributed by atoms with E-state index in [0.29, 0.717) is 6.54 Å². The highest BCUT2D eigenvalue weighted by Gasteiger charge is 2.26. The molecule has 14 heavy (non-hydrogen) atoms. The molecule has 0 saturated carbocycles. The Morgan fingerprint density at radius 1 is 1.50 bits per heavy atom. The zero-order valence-corrected chi connectivity index (χ0v) is 10.2. The molecule has 0 spiro atoms. The summed E-state index contributed by atoms with van der Waals surface area (Å²) in [6, 6.07) is 3.76. The average molecular weight is 303 g/mol. The molecular formula is C10H10INO2. The number of methoxy groups -OCH3 is 1. The van der Waals surface area contributed by atoms with Gasteiger partial charge in [-0.3, -0.25) is 4.79 Å². The van der Waals surface area contributed by atoms with Crippen LogP contribution in [0.1, 0.15) is 15.9 Å². The molecule has 4 heteroatoms. The molecule has 0 atom stereocenters. The molecule has 0 fully saturated rings. The SMILES string of the molecule is COc1cc(I)c2c(c1)C(=O)N(C)C2. The second-order valence-corrected chi connectivity index (χ2v) is 4.46. The van der Waals surface area contributed by atoms with Crippen LogP contribution in [0.2, 0.25) is 0 Å². The Kier molecular flexibility index (Phi) is 2.38. The summed E-state index contributed by atoms with van der Waals surface area (Å²) >= 11 is 2.24. The van der Waals surface area contributed by atoms with Gasteiger partial charge >= 0.3 is 0 Å². The lowest BCUT2D eigenvalue weighted by atomic mass is 10.1. The maximum atomic E-state index is 11.7. The molecule has 1 aliphatic rings. The van der Waals surface area contributed by atoms with Crippen molar-refractivity contribution in [1.29, 1.82) is 0 Å². The van der Waals surface area contributed by atoms with Gasteiger partial charge in [-0.2, -0.15) is 0 Å². The van der Waals surface area contributed by atoms with Crippen molar-refractivity contribution in [3.8, 4) is 5.75 Å². The molecule has 0 aliphatic carbocycles. The van der Waals surface area contributed by atoms with Crippen LogP contribution in [0.4, 0.5) is 0 Å². The van der Waals surface area contributed by atoms with Gasteiger partial charge in [-0.05, 0) is 40.3 Å². The number of nitrogens with zero attached hydrogens (tertiary/aromatic N) is 1. The Hall–Kier alpha value is -0.780. The smallest absolute Gasteiger partial charge is 0.254 e. The number of carbonyl (C=O) groups excluding carboxylic acids is 1. The first-order chi connectivity index (χ1) is 6.63. The summed E-state index contributed by atoms with van der Waals surface area (Å²) in [5, 5.41) is 0. The number of fused-ring (bicyclic) bond motifs is 1. The van der Waals surface area contributed by atoms with Crippen molar-refractivity contribution in [1.82, 2.24) is 4.90 Å². The summed E-state index contributed by atoms with van der Waals surface area (Å²) in [6.07, 6.45) is 0. The Bertz CT molecular complexity index is 403. The van der Waals surface area contributed by atoms with Gasteiger partial charge in [0.25, 0.3) is 5.91 Å². The Morgan fingerprint density at radius 2 is 2.21 bits per heavy atom. The quantitative estimate of drug-likeness (QED) is 0.742. The van der Waals surface area contributed by atoms with E-state index < -0.39 is 0 Å². The molecule has 1 aliphatic heterocycles. The van der Waals surface area contributed by atoms with Gasteiger partial charge in [-0.25, -0.2) is 0 Å². The van der Waals surface area contributed by atoms with Crippen LogP contribution in [-0.4, -0.2) is 25.0 Å². The summed E-state index contributed by atoms with van der Waals surface area (Å²) in [4.78, 5) is 13.4. The summed E-state index contributed by atoms with van der Waals surface area (Å²) in [5.74, 6) is 0.827. The van der Waals surface area contributed by atoms with Crippen LogP contribution >= 0.6 is 22.6 Å². The van der Waals surface area contributed by atoms with Crippen molar-refractivity contribution in [3.05, 3.63) is 26.8 Å². The lowest BCUT2D eigenvalue weighted by molar-refractivity contribution is 0.0816. The predicted molar refractivity (Wildman–Crippen MR) is 61.5 cm³/mol. The molecule has 0 bridgehead atoms. The zero-order valence-electron chi connectivity index (χ0n) is 8.00. The highest BCUT2D eigenvalue weighted by molar-refractivity contribution is 14.1. The van der Waals surface area contributed by atoms with E-state index in [4.69, 9.17) is 4.74 Å². The first kappa shape index (κ1) is 9.76. The first-order valence-electron chi connectivity index (χ1n) is 4.25. The van der Waals surface area contributed by atoms with Crippen LogP contribution in [-0.2, 0) is 6.54 Å². The number of hydrogen-bond acceptors (Lipinski definition) is 2. The fourth-order valence-electron chi connectivity index (χ4n) is 1.60. The van der Waals surface area contributed by atoms with E-state index in [1.165, 1.54) is 0 Å². The van der Waals surface area contributed by atoms with E-state index in [2.05, 4.69) is 22.6 Å². The first-order valence-corrected chi connectivity index (χ1v) is 5.33. The van der Waals surface area contributed by atoms with E-state index in [-0.39, 0.29) is 5.91 Å². The third-order valence-electron chi connectivity index (χ3n) is 2.38. The van der Waals surface area contributed by atoms with Crippen molar-refractivity contribution in [2.24, 2.45) is 0 Å². The normalized spacial score (nSPS) is 14.5. The Balaban J connectivity index is 2.58. The maximum Gasteiger partial charge on any atom is 0.254 e. The molecule has 0 N–H and O–H groups in total. The zero-order chi connectivity index (χ0) is 10.3.